The first kappa shape index (κ1) is 31.3. The highest BCUT2D eigenvalue weighted by Crippen LogP contribution is 2.35. The van der Waals surface area contributed by atoms with Crippen molar-refractivity contribution in [1.29, 1.82) is 5.26 Å². The van der Waals surface area contributed by atoms with Crippen molar-refractivity contribution >= 4 is 11.6 Å². The summed E-state index contributed by atoms with van der Waals surface area (Å²) in [5, 5.41) is 28.9. The molecule has 1 saturated carbocycles. The minimum Gasteiger partial charge on any atom is -0.487 e. The minimum atomic E-state index is -0.269. The van der Waals surface area contributed by atoms with Gasteiger partial charge in [0.25, 0.3) is 5.88 Å². The van der Waals surface area contributed by atoms with Gasteiger partial charge >= 0.3 is 0 Å². The van der Waals surface area contributed by atoms with Crippen LogP contribution in [0.1, 0.15) is 44.2 Å². The van der Waals surface area contributed by atoms with E-state index in [9.17, 15) is 5.26 Å². The summed E-state index contributed by atoms with van der Waals surface area (Å²) in [7, 11) is 1.64. The van der Waals surface area contributed by atoms with Crippen LogP contribution in [0.3, 0.4) is 0 Å². The molecule has 0 bridgehead atoms. The molecule has 46 heavy (non-hydrogen) atoms. The zero-order valence-electron chi connectivity index (χ0n) is 26.2. The van der Waals surface area contributed by atoms with Crippen LogP contribution in [-0.4, -0.2) is 104 Å². The molecular formula is C31H39N11O4. The Hall–Kier alpha value is -4.65. The molecule has 242 valence electrons. The van der Waals surface area contributed by atoms with Gasteiger partial charge in [0.1, 0.15) is 36.5 Å². The number of benzene rings is 1. The standard InChI is InChI=1S/C31H39N11O4/c1-22(19-41-21-35-38-39-41)46-29-15-23(3-4-24(29)16-32)25-17-33-31(34-18-25)36-28-20-42(37-30(28)45-14-13-43-2)27-7-5-26(6-8-27)40-9-11-44-12-10-40/h3-4,15,17-18,20-22,26-27H,5-14,19H2,1-2H3,(H,33,34,36). The Labute approximate surface area is 267 Å². The van der Waals surface area contributed by atoms with Crippen molar-refractivity contribution in [3.05, 3.63) is 48.7 Å². The van der Waals surface area contributed by atoms with Gasteiger partial charge in [-0.1, -0.05) is 6.07 Å². The van der Waals surface area contributed by atoms with E-state index < -0.39 is 0 Å². The molecule has 1 unspecified atom stereocenters. The van der Waals surface area contributed by atoms with Crippen LogP contribution in [0.5, 0.6) is 11.6 Å². The van der Waals surface area contributed by atoms with Crippen LogP contribution in [0.15, 0.2) is 43.1 Å². The molecule has 2 aliphatic rings. The molecule has 3 aromatic heterocycles. The first-order valence-corrected chi connectivity index (χ1v) is 15.6. The third kappa shape index (κ3) is 7.76. The maximum absolute atomic E-state index is 9.64. The fourth-order valence-electron chi connectivity index (χ4n) is 5.94. The number of anilines is 2. The van der Waals surface area contributed by atoms with E-state index in [1.54, 1.807) is 30.3 Å². The number of hydrogen-bond donors (Lipinski definition) is 1. The third-order valence-electron chi connectivity index (χ3n) is 8.32. The van der Waals surface area contributed by atoms with Gasteiger partial charge in [0.2, 0.25) is 5.95 Å². The summed E-state index contributed by atoms with van der Waals surface area (Å²) >= 11 is 0. The molecule has 0 spiro atoms. The zero-order valence-corrected chi connectivity index (χ0v) is 26.2. The number of nitriles is 1. The lowest BCUT2D eigenvalue weighted by molar-refractivity contribution is 0.00502. The van der Waals surface area contributed by atoms with E-state index >= 15 is 0 Å². The maximum atomic E-state index is 9.64. The molecule has 1 aromatic carbocycles. The van der Waals surface area contributed by atoms with Gasteiger partial charge in [-0.2, -0.15) is 5.26 Å². The van der Waals surface area contributed by atoms with Crippen molar-refractivity contribution in [3.63, 3.8) is 0 Å². The summed E-state index contributed by atoms with van der Waals surface area (Å²) in [6.45, 7) is 6.85. The maximum Gasteiger partial charge on any atom is 0.257 e. The normalized spacial score (nSPS) is 19.3. The van der Waals surface area contributed by atoms with Gasteiger partial charge < -0.3 is 24.3 Å². The SMILES string of the molecule is COCCOc1nn(C2CCC(N3CCOCC3)CC2)cc1Nc1ncc(-c2ccc(C#N)c(OC(C)Cn3cnnn3)c2)cn1. The molecule has 2 fully saturated rings. The minimum absolute atomic E-state index is 0.269. The average Bonchev–Trinajstić information content (AvgIpc) is 3.75. The van der Waals surface area contributed by atoms with Crippen LogP contribution in [0.2, 0.25) is 0 Å². The Morgan fingerprint density at radius 1 is 1.07 bits per heavy atom. The second kappa shape index (κ2) is 15.1. The Balaban J connectivity index is 1.13. The predicted molar refractivity (Wildman–Crippen MR) is 167 cm³/mol. The molecule has 1 aliphatic heterocycles. The highest BCUT2D eigenvalue weighted by molar-refractivity contribution is 5.67. The fourth-order valence-corrected chi connectivity index (χ4v) is 5.94. The summed E-state index contributed by atoms with van der Waals surface area (Å²) in [6.07, 6.45) is 11.1. The summed E-state index contributed by atoms with van der Waals surface area (Å²) < 4.78 is 26.4. The predicted octanol–water partition coefficient (Wildman–Crippen LogP) is 3.25. The Bertz CT molecular complexity index is 1570. The Morgan fingerprint density at radius 2 is 1.85 bits per heavy atom. The van der Waals surface area contributed by atoms with Gasteiger partial charge in [-0.05, 0) is 60.7 Å². The van der Waals surface area contributed by atoms with Crippen LogP contribution in [-0.2, 0) is 16.0 Å². The molecule has 0 amide bonds. The molecule has 6 rings (SSSR count). The zero-order chi connectivity index (χ0) is 31.7. The molecule has 15 heteroatoms. The van der Waals surface area contributed by atoms with E-state index in [1.807, 2.05) is 29.9 Å². The third-order valence-corrected chi connectivity index (χ3v) is 8.32. The van der Waals surface area contributed by atoms with E-state index in [0.29, 0.717) is 60.7 Å². The lowest BCUT2D eigenvalue weighted by atomic mass is 9.90. The van der Waals surface area contributed by atoms with Crippen LogP contribution in [0.25, 0.3) is 11.1 Å². The number of morpholine rings is 1. The molecule has 1 atom stereocenters. The first-order chi connectivity index (χ1) is 22.6. The highest BCUT2D eigenvalue weighted by atomic mass is 16.5. The lowest BCUT2D eigenvalue weighted by Crippen LogP contribution is -2.45. The lowest BCUT2D eigenvalue weighted by Gasteiger charge is -2.38. The van der Waals surface area contributed by atoms with E-state index in [1.165, 1.54) is 6.33 Å². The molecule has 4 aromatic rings. The Morgan fingerprint density at radius 3 is 2.57 bits per heavy atom. The Kier molecular flexibility index (Phi) is 10.3. The number of rotatable bonds is 13. The van der Waals surface area contributed by atoms with Gasteiger partial charge in [-0.15, -0.1) is 10.2 Å². The molecule has 0 radical (unpaired) electrons. The van der Waals surface area contributed by atoms with Gasteiger partial charge in [-0.25, -0.2) is 14.6 Å². The van der Waals surface area contributed by atoms with Crippen molar-refractivity contribution in [2.45, 2.75) is 57.3 Å². The monoisotopic (exact) mass is 629 g/mol. The van der Waals surface area contributed by atoms with E-state index in [2.05, 4.69) is 41.8 Å². The van der Waals surface area contributed by atoms with E-state index in [4.69, 9.17) is 24.0 Å². The van der Waals surface area contributed by atoms with Crippen LogP contribution in [0.4, 0.5) is 11.6 Å². The quantitative estimate of drug-likeness (QED) is 0.215. The summed E-state index contributed by atoms with van der Waals surface area (Å²) in [4.78, 5) is 11.7. The second-order valence-corrected chi connectivity index (χ2v) is 11.5. The highest BCUT2D eigenvalue weighted by Gasteiger charge is 2.29. The van der Waals surface area contributed by atoms with Crippen LogP contribution in [0, 0.1) is 11.3 Å². The second-order valence-electron chi connectivity index (χ2n) is 11.5. The van der Waals surface area contributed by atoms with Crippen LogP contribution < -0.4 is 14.8 Å². The van der Waals surface area contributed by atoms with Gasteiger partial charge in [0.05, 0.1) is 44.2 Å². The van der Waals surface area contributed by atoms with Crippen LogP contribution >= 0.6 is 0 Å². The number of ether oxygens (including phenoxy) is 4. The number of nitrogens with zero attached hydrogens (tertiary/aromatic N) is 10. The largest absolute Gasteiger partial charge is 0.487 e. The van der Waals surface area contributed by atoms with Crippen molar-refractivity contribution in [3.8, 4) is 28.8 Å². The van der Waals surface area contributed by atoms with Gasteiger partial charge in [0, 0.05) is 44.2 Å². The molecule has 1 saturated heterocycles. The molecule has 1 aliphatic carbocycles. The molecule has 4 heterocycles. The number of nitrogens with one attached hydrogen (secondary N) is 1. The number of aromatic nitrogens is 8. The molecule has 1 N–H and O–H groups in total. The topological polar surface area (TPSA) is 163 Å². The number of tetrazole rings is 1. The molecular weight excluding hydrogens is 590 g/mol. The van der Waals surface area contributed by atoms with E-state index in [-0.39, 0.29) is 6.10 Å². The van der Waals surface area contributed by atoms with Crippen molar-refractivity contribution in [2.75, 3.05) is 51.9 Å². The van der Waals surface area contributed by atoms with Crippen molar-refractivity contribution in [2.24, 2.45) is 0 Å². The number of hydrogen-bond acceptors (Lipinski definition) is 13. The number of methoxy groups -OCH3 is 1. The average molecular weight is 630 g/mol. The summed E-state index contributed by atoms with van der Waals surface area (Å²) in [5.41, 5.74) is 2.72. The fraction of sp³-hybridized carbons (Fsp3) is 0.516. The van der Waals surface area contributed by atoms with Crippen molar-refractivity contribution < 1.29 is 18.9 Å². The smallest absolute Gasteiger partial charge is 0.257 e. The van der Waals surface area contributed by atoms with E-state index in [0.717, 1.165) is 63.1 Å². The van der Waals surface area contributed by atoms with Gasteiger partial charge in [-0.3, -0.25) is 9.58 Å². The summed E-state index contributed by atoms with van der Waals surface area (Å²) in [5.74, 6) is 1.37. The summed E-state index contributed by atoms with van der Waals surface area (Å²) in [6, 6.07) is 8.50. The molecule has 15 nitrogen and oxygen atoms in total. The van der Waals surface area contributed by atoms with Crippen molar-refractivity contribution in [1.82, 2.24) is 44.9 Å². The van der Waals surface area contributed by atoms with Gasteiger partial charge in [0.15, 0.2) is 0 Å². The first-order valence-electron chi connectivity index (χ1n) is 15.6.